The van der Waals surface area contributed by atoms with E-state index in [1.54, 1.807) is 0 Å². The first kappa shape index (κ1) is 13.0. The minimum absolute atomic E-state index is 0.635. The Morgan fingerprint density at radius 2 is 2.28 bits per heavy atom. The molecule has 1 aliphatic carbocycles. The van der Waals surface area contributed by atoms with Crippen LogP contribution in [-0.2, 0) is 19.5 Å². The zero-order valence-electron chi connectivity index (χ0n) is 11.0. The first-order chi connectivity index (χ1) is 8.85. The lowest BCUT2D eigenvalue weighted by Gasteiger charge is -2.07. The van der Waals surface area contributed by atoms with Crippen molar-refractivity contribution in [2.45, 2.75) is 51.6 Å². The van der Waals surface area contributed by atoms with Crippen LogP contribution in [-0.4, -0.2) is 22.0 Å². The molecular formula is C13H21N5. The van der Waals surface area contributed by atoms with Gasteiger partial charge in [0, 0.05) is 19.5 Å². The number of aromatic nitrogens is 3. The number of hydrogen-bond acceptors (Lipinski definition) is 4. The third-order valence-corrected chi connectivity index (χ3v) is 3.35. The van der Waals surface area contributed by atoms with Crippen LogP contribution in [0.2, 0.25) is 0 Å². The number of rotatable bonds is 8. The van der Waals surface area contributed by atoms with E-state index in [0.717, 1.165) is 44.0 Å². The van der Waals surface area contributed by atoms with Gasteiger partial charge in [0.15, 0.2) is 0 Å². The fraction of sp³-hybridized carbons (Fsp3) is 0.769. The van der Waals surface area contributed by atoms with Gasteiger partial charge in [-0.1, -0.05) is 5.21 Å². The largest absolute Gasteiger partial charge is 0.314 e. The number of unbranched alkanes of at least 4 members (excludes halogenated alkanes) is 2. The monoisotopic (exact) mass is 247 g/mol. The summed E-state index contributed by atoms with van der Waals surface area (Å²) in [7, 11) is 1.94. The SMILES string of the molecule is CNCc1nnn(CCCCC#N)c1CC1CC1. The van der Waals surface area contributed by atoms with Crippen molar-refractivity contribution in [2.24, 2.45) is 5.92 Å². The molecule has 0 unspecified atom stereocenters. The summed E-state index contributed by atoms with van der Waals surface area (Å²) in [5.41, 5.74) is 2.38. The molecule has 1 aromatic heterocycles. The van der Waals surface area contributed by atoms with Gasteiger partial charge in [0.25, 0.3) is 0 Å². The van der Waals surface area contributed by atoms with Gasteiger partial charge in [-0.3, -0.25) is 0 Å². The molecule has 0 aromatic carbocycles. The fourth-order valence-corrected chi connectivity index (χ4v) is 2.14. The molecule has 5 nitrogen and oxygen atoms in total. The van der Waals surface area contributed by atoms with E-state index >= 15 is 0 Å². The maximum absolute atomic E-state index is 8.53. The lowest BCUT2D eigenvalue weighted by molar-refractivity contribution is 0.520. The van der Waals surface area contributed by atoms with E-state index in [1.807, 2.05) is 11.7 Å². The molecule has 1 N–H and O–H groups in total. The molecule has 0 saturated heterocycles. The quantitative estimate of drug-likeness (QED) is 0.709. The molecule has 0 atom stereocenters. The van der Waals surface area contributed by atoms with Gasteiger partial charge in [0.1, 0.15) is 0 Å². The molecule has 0 aliphatic heterocycles. The maximum Gasteiger partial charge on any atom is 0.0996 e. The van der Waals surface area contributed by atoms with Crippen molar-refractivity contribution < 1.29 is 0 Å². The topological polar surface area (TPSA) is 66.5 Å². The highest BCUT2D eigenvalue weighted by molar-refractivity contribution is 5.12. The smallest absolute Gasteiger partial charge is 0.0996 e. The summed E-state index contributed by atoms with van der Waals surface area (Å²) in [4.78, 5) is 0. The van der Waals surface area contributed by atoms with Gasteiger partial charge < -0.3 is 5.32 Å². The second-order valence-corrected chi connectivity index (χ2v) is 5.00. The highest BCUT2D eigenvalue weighted by Gasteiger charge is 2.25. The fourth-order valence-electron chi connectivity index (χ4n) is 2.14. The van der Waals surface area contributed by atoms with Crippen LogP contribution < -0.4 is 5.32 Å². The molecule has 0 spiro atoms. The summed E-state index contributed by atoms with van der Waals surface area (Å²) in [6.07, 6.45) is 6.39. The number of nitrogens with zero attached hydrogens (tertiary/aromatic N) is 4. The third-order valence-electron chi connectivity index (χ3n) is 3.35. The lowest BCUT2D eigenvalue weighted by Crippen LogP contribution is -2.11. The molecule has 0 bridgehead atoms. The van der Waals surface area contributed by atoms with E-state index in [-0.39, 0.29) is 0 Å². The van der Waals surface area contributed by atoms with Gasteiger partial charge in [0.2, 0.25) is 0 Å². The van der Waals surface area contributed by atoms with Crippen molar-refractivity contribution in [3.05, 3.63) is 11.4 Å². The van der Waals surface area contributed by atoms with Crippen molar-refractivity contribution in [3.8, 4) is 6.07 Å². The van der Waals surface area contributed by atoms with E-state index in [0.29, 0.717) is 6.42 Å². The molecular weight excluding hydrogens is 226 g/mol. The van der Waals surface area contributed by atoms with Crippen molar-refractivity contribution in [1.82, 2.24) is 20.3 Å². The van der Waals surface area contributed by atoms with Crippen molar-refractivity contribution in [1.29, 1.82) is 5.26 Å². The van der Waals surface area contributed by atoms with E-state index in [9.17, 15) is 0 Å². The minimum Gasteiger partial charge on any atom is -0.314 e. The zero-order valence-corrected chi connectivity index (χ0v) is 11.0. The van der Waals surface area contributed by atoms with Crippen LogP contribution in [0.25, 0.3) is 0 Å². The van der Waals surface area contributed by atoms with E-state index < -0.39 is 0 Å². The Labute approximate surface area is 108 Å². The summed E-state index contributed by atoms with van der Waals surface area (Å²) in [6, 6.07) is 2.18. The van der Waals surface area contributed by atoms with Crippen LogP contribution in [0.5, 0.6) is 0 Å². The Kier molecular flexibility index (Phi) is 4.71. The van der Waals surface area contributed by atoms with E-state index in [4.69, 9.17) is 5.26 Å². The molecule has 1 aromatic rings. The molecule has 0 radical (unpaired) electrons. The molecule has 18 heavy (non-hydrogen) atoms. The Morgan fingerprint density at radius 3 is 2.94 bits per heavy atom. The Bertz CT molecular complexity index is 414. The molecule has 1 fully saturated rings. The van der Waals surface area contributed by atoms with Crippen LogP contribution in [0.3, 0.4) is 0 Å². The van der Waals surface area contributed by atoms with Gasteiger partial charge >= 0.3 is 0 Å². The Balaban J connectivity index is 1.96. The van der Waals surface area contributed by atoms with Crippen molar-refractivity contribution in [3.63, 3.8) is 0 Å². The van der Waals surface area contributed by atoms with Gasteiger partial charge in [-0.25, -0.2) is 4.68 Å². The Hall–Kier alpha value is -1.41. The number of aryl methyl sites for hydroxylation is 1. The standard InChI is InChI=1S/C13H21N5/c1-15-10-12-13(9-11-5-6-11)18(17-16-12)8-4-2-3-7-14/h11,15H,2-6,8-10H2,1H3. The molecule has 5 heteroatoms. The van der Waals surface area contributed by atoms with Crippen molar-refractivity contribution >= 4 is 0 Å². The second-order valence-electron chi connectivity index (χ2n) is 5.00. The van der Waals surface area contributed by atoms with Gasteiger partial charge in [-0.15, -0.1) is 5.10 Å². The maximum atomic E-state index is 8.53. The van der Waals surface area contributed by atoms with Crippen LogP contribution in [0.15, 0.2) is 0 Å². The highest BCUT2D eigenvalue weighted by Crippen LogP contribution is 2.33. The van der Waals surface area contributed by atoms with Crippen LogP contribution in [0.1, 0.15) is 43.5 Å². The second kappa shape index (κ2) is 6.50. The first-order valence-corrected chi connectivity index (χ1v) is 6.78. The average Bonchev–Trinajstić information content (AvgIpc) is 3.11. The van der Waals surface area contributed by atoms with Gasteiger partial charge in [-0.2, -0.15) is 5.26 Å². The summed E-state index contributed by atoms with van der Waals surface area (Å²) in [6.45, 7) is 1.68. The van der Waals surface area contributed by atoms with E-state index in [1.165, 1.54) is 18.5 Å². The van der Waals surface area contributed by atoms with Crippen LogP contribution in [0.4, 0.5) is 0 Å². The number of hydrogen-bond donors (Lipinski definition) is 1. The third kappa shape index (κ3) is 3.54. The summed E-state index contributed by atoms with van der Waals surface area (Å²) in [5, 5.41) is 20.2. The first-order valence-electron chi connectivity index (χ1n) is 6.78. The lowest BCUT2D eigenvalue weighted by atomic mass is 10.1. The minimum atomic E-state index is 0.635. The summed E-state index contributed by atoms with van der Waals surface area (Å²) >= 11 is 0. The summed E-state index contributed by atoms with van der Waals surface area (Å²) in [5.74, 6) is 0.844. The molecule has 1 saturated carbocycles. The van der Waals surface area contributed by atoms with Gasteiger partial charge in [-0.05, 0) is 45.1 Å². The summed E-state index contributed by atoms with van der Waals surface area (Å²) < 4.78 is 2.04. The number of nitrogens with one attached hydrogen (secondary N) is 1. The van der Waals surface area contributed by atoms with E-state index in [2.05, 4.69) is 21.7 Å². The van der Waals surface area contributed by atoms with Crippen LogP contribution >= 0.6 is 0 Å². The molecule has 1 aliphatic rings. The zero-order chi connectivity index (χ0) is 12.8. The Morgan fingerprint density at radius 1 is 1.44 bits per heavy atom. The van der Waals surface area contributed by atoms with Crippen molar-refractivity contribution in [2.75, 3.05) is 7.05 Å². The van der Waals surface area contributed by atoms with Crippen LogP contribution in [0, 0.1) is 17.2 Å². The molecule has 1 heterocycles. The predicted octanol–water partition coefficient (Wildman–Crippen LogP) is 1.64. The number of nitriles is 1. The normalized spacial score (nSPS) is 14.7. The molecule has 98 valence electrons. The molecule has 2 rings (SSSR count). The highest BCUT2D eigenvalue weighted by atomic mass is 15.4. The average molecular weight is 247 g/mol. The molecule has 0 amide bonds. The predicted molar refractivity (Wildman–Crippen MR) is 68.7 cm³/mol. The van der Waals surface area contributed by atoms with Gasteiger partial charge in [0.05, 0.1) is 17.5 Å².